The molecule has 1 saturated heterocycles. The number of amides is 1. The molecule has 0 spiro atoms. The van der Waals surface area contributed by atoms with Crippen molar-refractivity contribution in [2.24, 2.45) is 0 Å². The number of rotatable bonds is 1. The number of aliphatic hydroxyl groups is 1. The second kappa shape index (κ2) is 4.11. The zero-order valence-corrected chi connectivity index (χ0v) is 7.73. The molecule has 14 heavy (non-hydrogen) atoms. The van der Waals surface area contributed by atoms with Gasteiger partial charge in [-0.15, -0.1) is 0 Å². The molecule has 2 N–H and O–H groups in total. The van der Waals surface area contributed by atoms with Gasteiger partial charge in [0.25, 0.3) is 5.91 Å². The summed E-state index contributed by atoms with van der Waals surface area (Å²) in [5.74, 6) is 3.01. The van der Waals surface area contributed by atoms with Gasteiger partial charge < -0.3 is 15.1 Å². The first-order valence-electron chi connectivity index (χ1n) is 4.20. The summed E-state index contributed by atoms with van der Waals surface area (Å²) in [4.78, 5) is 23.1. The Bertz CT molecular complexity index is 315. The fraction of sp³-hybridized carbons (Fsp3) is 0.556. The average Bonchev–Trinajstić information content (AvgIpc) is 2.48. The van der Waals surface area contributed by atoms with E-state index in [1.165, 1.54) is 6.92 Å². The third-order valence-electron chi connectivity index (χ3n) is 2.06. The number of nitrogens with zero attached hydrogens (tertiary/aromatic N) is 1. The SMILES string of the molecule is CC#CC(=O)N1C[C@H](O)C[C@@H]1C(=O)O. The van der Waals surface area contributed by atoms with Gasteiger partial charge in [-0.3, -0.25) is 4.79 Å². The lowest BCUT2D eigenvalue weighted by atomic mass is 10.2. The van der Waals surface area contributed by atoms with E-state index in [-0.39, 0.29) is 13.0 Å². The molecule has 0 bridgehead atoms. The highest BCUT2D eigenvalue weighted by Crippen LogP contribution is 2.17. The Morgan fingerprint density at radius 1 is 1.50 bits per heavy atom. The molecular formula is C9H11NO4. The summed E-state index contributed by atoms with van der Waals surface area (Å²) in [5, 5.41) is 18.0. The van der Waals surface area contributed by atoms with Crippen LogP contribution in [0.5, 0.6) is 0 Å². The van der Waals surface area contributed by atoms with Crippen LogP contribution in [-0.2, 0) is 9.59 Å². The quantitative estimate of drug-likeness (QED) is 0.531. The Hall–Kier alpha value is -1.54. The van der Waals surface area contributed by atoms with Crippen LogP contribution in [0.3, 0.4) is 0 Å². The van der Waals surface area contributed by atoms with Crippen LogP contribution in [0.25, 0.3) is 0 Å². The number of carbonyl (C=O) groups excluding carboxylic acids is 1. The van der Waals surface area contributed by atoms with E-state index < -0.39 is 24.0 Å². The van der Waals surface area contributed by atoms with Crippen molar-refractivity contribution in [2.45, 2.75) is 25.5 Å². The molecule has 76 valence electrons. The maximum atomic E-state index is 11.3. The van der Waals surface area contributed by atoms with Gasteiger partial charge in [0, 0.05) is 13.0 Å². The number of carboxylic acid groups (broad SMARTS) is 1. The van der Waals surface area contributed by atoms with Crippen molar-refractivity contribution in [1.82, 2.24) is 4.90 Å². The number of aliphatic hydroxyl groups excluding tert-OH is 1. The fourth-order valence-corrected chi connectivity index (χ4v) is 1.45. The van der Waals surface area contributed by atoms with Crippen molar-refractivity contribution in [3.63, 3.8) is 0 Å². The Kier molecular flexibility index (Phi) is 3.10. The van der Waals surface area contributed by atoms with E-state index >= 15 is 0 Å². The normalized spacial score (nSPS) is 25.4. The van der Waals surface area contributed by atoms with Crippen LogP contribution < -0.4 is 0 Å². The molecule has 5 nitrogen and oxygen atoms in total. The van der Waals surface area contributed by atoms with Crippen LogP contribution in [0.2, 0.25) is 0 Å². The van der Waals surface area contributed by atoms with Crippen LogP contribution >= 0.6 is 0 Å². The smallest absolute Gasteiger partial charge is 0.326 e. The highest BCUT2D eigenvalue weighted by Gasteiger charge is 2.38. The summed E-state index contributed by atoms with van der Waals surface area (Å²) < 4.78 is 0. The lowest BCUT2D eigenvalue weighted by Gasteiger charge is -2.17. The summed E-state index contributed by atoms with van der Waals surface area (Å²) in [6.45, 7) is 1.55. The second-order valence-electron chi connectivity index (χ2n) is 3.08. The van der Waals surface area contributed by atoms with Crippen LogP contribution in [-0.4, -0.2) is 45.7 Å². The van der Waals surface area contributed by atoms with Gasteiger partial charge in [-0.25, -0.2) is 4.79 Å². The zero-order chi connectivity index (χ0) is 10.7. The maximum Gasteiger partial charge on any atom is 0.326 e. The number of β-amino-alcohol motifs (C(OH)–C–C–N with tert-alkyl or cyclic N) is 1. The van der Waals surface area contributed by atoms with Gasteiger partial charge in [0.15, 0.2) is 0 Å². The van der Waals surface area contributed by atoms with Gasteiger partial charge in [0.2, 0.25) is 0 Å². The van der Waals surface area contributed by atoms with Gasteiger partial charge in [-0.05, 0) is 12.8 Å². The Morgan fingerprint density at radius 3 is 2.64 bits per heavy atom. The summed E-state index contributed by atoms with van der Waals surface area (Å²) in [6, 6.07) is -0.946. The molecule has 1 heterocycles. The molecular weight excluding hydrogens is 186 g/mol. The molecule has 1 fully saturated rings. The summed E-state index contributed by atoms with van der Waals surface area (Å²) in [6.07, 6.45) is -0.689. The lowest BCUT2D eigenvalue weighted by Crippen LogP contribution is -2.39. The van der Waals surface area contributed by atoms with E-state index in [4.69, 9.17) is 5.11 Å². The summed E-state index contributed by atoms with van der Waals surface area (Å²) in [5.41, 5.74) is 0. The van der Waals surface area contributed by atoms with E-state index in [1.54, 1.807) is 0 Å². The van der Waals surface area contributed by atoms with E-state index in [0.717, 1.165) is 4.90 Å². The average molecular weight is 197 g/mol. The first-order valence-corrected chi connectivity index (χ1v) is 4.20. The molecule has 0 aliphatic carbocycles. The molecule has 1 amide bonds. The molecule has 1 aliphatic heterocycles. The first kappa shape index (κ1) is 10.5. The van der Waals surface area contributed by atoms with E-state index in [2.05, 4.69) is 11.8 Å². The molecule has 1 aliphatic rings. The van der Waals surface area contributed by atoms with E-state index in [1.807, 2.05) is 0 Å². The lowest BCUT2D eigenvalue weighted by molar-refractivity contribution is -0.146. The third kappa shape index (κ3) is 2.03. The Morgan fingerprint density at radius 2 is 2.14 bits per heavy atom. The molecule has 0 aromatic carbocycles. The molecule has 0 aromatic heterocycles. The van der Waals surface area contributed by atoms with Crippen LogP contribution in [0.15, 0.2) is 0 Å². The van der Waals surface area contributed by atoms with Crippen molar-refractivity contribution >= 4 is 11.9 Å². The minimum atomic E-state index is -1.10. The highest BCUT2D eigenvalue weighted by atomic mass is 16.4. The minimum absolute atomic E-state index is 0.0461. The van der Waals surface area contributed by atoms with E-state index in [0.29, 0.717) is 0 Å². The predicted molar refractivity (Wildman–Crippen MR) is 47.2 cm³/mol. The van der Waals surface area contributed by atoms with Gasteiger partial charge in [-0.1, -0.05) is 5.92 Å². The highest BCUT2D eigenvalue weighted by molar-refractivity contribution is 5.96. The molecule has 0 radical (unpaired) electrons. The molecule has 0 saturated carbocycles. The Labute approximate surface area is 81.3 Å². The number of hydrogen-bond acceptors (Lipinski definition) is 3. The van der Waals surface area contributed by atoms with E-state index in [9.17, 15) is 14.7 Å². The van der Waals surface area contributed by atoms with Crippen molar-refractivity contribution in [3.05, 3.63) is 0 Å². The Balaban J connectivity index is 2.79. The topological polar surface area (TPSA) is 77.8 Å². The molecule has 1 rings (SSSR count). The van der Waals surface area contributed by atoms with Crippen LogP contribution in [0, 0.1) is 11.8 Å². The summed E-state index contributed by atoms with van der Waals surface area (Å²) in [7, 11) is 0. The number of carboxylic acids is 1. The van der Waals surface area contributed by atoms with Crippen molar-refractivity contribution in [3.8, 4) is 11.8 Å². The summed E-state index contributed by atoms with van der Waals surface area (Å²) >= 11 is 0. The maximum absolute atomic E-state index is 11.3. The van der Waals surface area contributed by atoms with Gasteiger partial charge in [-0.2, -0.15) is 0 Å². The largest absolute Gasteiger partial charge is 0.480 e. The van der Waals surface area contributed by atoms with Crippen molar-refractivity contribution in [1.29, 1.82) is 0 Å². The second-order valence-corrected chi connectivity index (χ2v) is 3.08. The van der Waals surface area contributed by atoms with Gasteiger partial charge in [0.05, 0.1) is 6.10 Å². The predicted octanol–water partition coefficient (Wildman–Crippen LogP) is -0.944. The molecule has 0 aromatic rings. The third-order valence-corrected chi connectivity index (χ3v) is 2.06. The minimum Gasteiger partial charge on any atom is -0.480 e. The zero-order valence-electron chi connectivity index (χ0n) is 7.73. The van der Waals surface area contributed by atoms with Gasteiger partial charge >= 0.3 is 5.97 Å². The number of carbonyl (C=O) groups is 2. The van der Waals surface area contributed by atoms with Crippen LogP contribution in [0.1, 0.15) is 13.3 Å². The van der Waals surface area contributed by atoms with Gasteiger partial charge in [0.1, 0.15) is 6.04 Å². The molecule has 0 unspecified atom stereocenters. The number of likely N-dealkylation sites (tertiary alicyclic amines) is 1. The van der Waals surface area contributed by atoms with Crippen LogP contribution in [0.4, 0.5) is 0 Å². The molecule has 2 atom stereocenters. The number of aliphatic carboxylic acids is 1. The fourth-order valence-electron chi connectivity index (χ4n) is 1.45. The molecule has 5 heteroatoms. The van der Waals surface area contributed by atoms with Crippen molar-refractivity contribution in [2.75, 3.05) is 6.54 Å². The van der Waals surface area contributed by atoms with Crippen molar-refractivity contribution < 1.29 is 19.8 Å². The first-order chi connectivity index (χ1) is 6.56. The standard InChI is InChI=1S/C9H11NO4/c1-2-3-8(12)10-5-6(11)4-7(10)9(13)14/h6-7,11H,4-5H2,1H3,(H,13,14)/t6-,7-/m1/s1. The number of hydrogen-bond donors (Lipinski definition) is 2. The monoisotopic (exact) mass is 197 g/mol.